The van der Waals surface area contributed by atoms with Crippen molar-refractivity contribution in [2.45, 2.75) is 19.3 Å². The van der Waals surface area contributed by atoms with E-state index in [4.69, 9.17) is 4.74 Å². The van der Waals surface area contributed by atoms with Gasteiger partial charge in [-0.15, -0.1) is 0 Å². The van der Waals surface area contributed by atoms with E-state index in [1.165, 1.54) is 0 Å². The summed E-state index contributed by atoms with van der Waals surface area (Å²) < 4.78 is 5.23. The fourth-order valence-corrected chi connectivity index (χ4v) is 2.21. The van der Waals surface area contributed by atoms with Crippen molar-refractivity contribution >= 4 is 6.08 Å². The summed E-state index contributed by atoms with van der Waals surface area (Å²) in [5, 5.41) is 10.0. The SMILES string of the molecule is CCC(C=Cc1ccccc1)c1cc(OC)ccc1O. The number of hydrogen-bond donors (Lipinski definition) is 1. The first-order chi connectivity index (χ1) is 9.74. The Hall–Kier alpha value is -2.22. The molecule has 0 amide bonds. The molecule has 2 aromatic rings. The molecule has 0 aromatic heterocycles. The number of phenols is 1. The van der Waals surface area contributed by atoms with Crippen LogP contribution in [0.3, 0.4) is 0 Å². The molecule has 0 radical (unpaired) electrons. The van der Waals surface area contributed by atoms with Crippen LogP contribution in [-0.4, -0.2) is 12.2 Å². The average molecular weight is 268 g/mol. The van der Waals surface area contributed by atoms with Crippen LogP contribution in [0.4, 0.5) is 0 Å². The molecule has 2 rings (SSSR count). The first kappa shape index (κ1) is 14.2. The highest BCUT2D eigenvalue weighted by Crippen LogP contribution is 2.32. The first-order valence-corrected chi connectivity index (χ1v) is 6.84. The molecule has 0 aliphatic carbocycles. The lowest BCUT2D eigenvalue weighted by molar-refractivity contribution is 0.410. The maximum absolute atomic E-state index is 10.0. The number of phenolic OH excluding ortho intramolecular Hbond substituents is 1. The van der Waals surface area contributed by atoms with Crippen LogP contribution < -0.4 is 4.74 Å². The van der Waals surface area contributed by atoms with E-state index in [2.05, 4.69) is 31.2 Å². The lowest BCUT2D eigenvalue weighted by atomic mass is 9.94. The molecule has 2 aromatic carbocycles. The van der Waals surface area contributed by atoms with Crippen LogP contribution >= 0.6 is 0 Å². The number of aromatic hydroxyl groups is 1. The number of hydrogen-bond acceptors (Lipinski definition) is 2. The molecule has 0 saturated carbocycles. The van der Waals surface area contributed by atoms with Crippen LogP contribution in [-0.2, 0) is 0 Å². The van der Waals surface area contributed by atoms with E-state index < -0.39 is 0 Å². The molecule has 2 heteroatoms. The summed E-state index contributed by atoms with van der Waals surface area (Å²) in [4.78, 5) is 0. The van der Waals surface area contributed by atoms with E-state index in [-0.39, 0.29) is 5.92 Å². The minimum absolute atomic E-state index is 0.172. The zero-order valence-corrected chi connectivity index (χ0v) is 11.9. The normalized spacial score (nSPS) is 12.5. The number of benzene rings is 2. The number of ether oxygens (including phenoxy) is 1. The van der Waals surface area contributed by atoms with Crippen molar-refractivity contribution < 1.29 is 9.84 Å². The van der Waals surface area contributed by atoms with Crippen molar-refractivity contribution in [1.82, 2.24) is 0 Å². The standard InChI is InChI=1S/C18H20O2/c1-3-15(10-9-14-7-5-4-6-8-14)17-13-16(20-2)11-12-18(17)19/h4-13,15,19H,3H2,1-2H3. The molecule has 1 atom stereocenters. The lowest BCUT2D eigenvalue weighted by Gasteiger charge is -2.14. The minimum Gasteiger partial charge on any atom is -0.508 e. The molecule has 0 bridgehead atoms. The summed E-state index contributed by atoms with van der Waals surface area (Å²) in [6.45, 7) is 2.11. The Balaban J connectivity index is 2.26. The van der Waals surface area contributed by atoms with Gasteiger partial charge in [0.25, 0.3) is 0 Å². The van der Waals surface area contributed by atoms with Crippen LogP contribution in [0.5, 0.6) is 11.5 Å². The Kier molecular flexibility index (Phi) is 4.83. The molecule has 1 unspecified atom stereocenters. The Morgan fingerprint density at radius 2 is 1.90 bits per heavy atom. The molecule has 0 heterocycles. The van der Waals surface area contributed by atoms with Gasteiger partial charge in [-0.2, -0.15) is 0 Å². The largest absolute Gasteiger partial charge is 0.508 e. The second kappa shape index (κ2) is 6.80. The number of methoxy groups -OCH3 is 1. The van der Waals surface area contributed by atoms with Gasteiger partial charge in [0.1, 0.15) is 11.5 Å². The summed E-state index contributed by atoms with van der Waals surface area (Å²) in [5.41, 5.74) is 2.06. The zero-order chi connectivity index (χ0) is 14.4. The molecular formula is C18H20O2. The highest BCUT2D eigenvalue weighted by Gasteiger charge is 2.11. The third-order valence-electron chi connectivity index (χ3n) is 3.39. The fourth-order valence-electron chi connectivity index (χ4n) is 2.21. The molecular weight excluding hydrogens is 248 g/mol. The minimum atomic E-state index is 0.172. The van der Waals surface area contributed by atoms with Crippen LogP contribution in [0.15, 0.2) is 54.6 Å². The molecule has 1 N–H and O–H groups in total. The van der Waals surface area contributed by atoms with Crippen molar-refractivity contribution in [2.75, 3.05) is 7.11 Å². The highest BCUT2D eigenvalue weighted by atomic mass is 16.5. The van der Waals surface area contributed by atoms with Crippen molar-refractivity contribution in [3.8, 4) is 11.5 Å². The van der Waals surface area contributed by atoms with E-state index in [0.717, 1.165) is 23.3 Å². The summed E-state index contributed by atoms with van der Waals surface area (Å²) in [6.07, 6.45) is 5.14. The second-order valence-electron chi connectivity index (χ2n) is 4.71. The maximum atomic E-state index is 10.0. The third-order valence-corrected chi connectivity index (χ3v) is 3.39. The molecule has 0 spiro atoms. The molecule has 104 valence electrons. The van der Waals surface area contributed by atoms with Crippen molar-refractivity contribution in [1.29, 1.82) is 0 Å². The van der Waals surface area contributed by atoms with Gasteiger partial charge in [0, 0.05) is 11.5 Å². The number of allylic oxidation sites excluding steroid dienone is 1. The topological polar surface area (TPSA) is 29.5 Å². The summed E-state index contributed by atoms with van der Waals surface area (Å²) in [5.74, 6) is 1.25. The third kappa shape index (κ3) is 3.41. The average Bonchev–Trinajstić information content (AvgIpc) is 2.50. The van der Waals surface area contributed by atoms with Crippen molar-refractivity contribution in [3.05, 3.63) is 65.7 Å². The Morgan fingerprint density at radius 1 is 1.15 bits per heavy atom. The highest BCUT2D eigenvalue weighted by molar-refractivity contribution is 5.52. The van der Waals surface area contributed by atoms with Gasteiger partial charge >= 0.3 is 0 Å². The lowest BCUT2D eigenvalue weighted by Crippen LogP contribution is -1.95. The van der Waals surface area contributed by atoms with Gasteiger partial charge in [0.15, 0.2) is 0 Å². The first-order valence-electron chi connectivity index (χ1n) is 6.84. The summed E-state index contributed by atoms with van der Waals surface area (Å²) in [6, 6.07) is 15.5. The van der Waals surface area contributed by atoms with Crippen molar-refractivity contribution in [2.24, 2.45) is 0 Å². The van der Waals surface area contributed by atoms with Gasteiger partial charge in [-0.05, 0) is 30.2 Å². The predicted octanol–water partition coefficient (Wildman–Crippen LogP) is 4.61. The van der Waals surface area contributed by atoms with Gasteiger partial charge in [0.05, 0.1) is 7.11 Å². The summed E-state index contributed by atoms with van der Waals surface area (Å²) >= 11 is 0. The van der Waals surface area contributed by atoms with Crippen LogP contribution in [0.1, 0.15) is 30.4 Å². The fraction of sp³-hybridized carbons (Fsp3) is 0.222. The molecule has 0 aliphatic heterocycles. The number of rotatable bonds is 5. The Labute approximate surface area is 120 Å². The second-order valence-corrected chi connectivity index (χ2v) is 4.71. The van der Waals surface area contributed by atoms with Crippen LogP contribution in [0.2, 0.25) is 0 Å². The Bertz CT molecular complexity index is 573. The van der Waals surface area contributed by atoms with Gasteiger partial charge in [-0.25, -0.2) is 0 Å². The van der Waals surface area contributed by atoms with Gasteiger partial charge in [0.2, 0.25) is 0 Å². The van der Waals surface area contributed by atoms with E-state index in [1.807, 2.05) is 24.3 Å². The van der Waals surface area contributed by atoms with Crippen LogP contribution in [0.25, 0.3) is 6.08 Å². The molecule has 0 aliphatic rings. The van der Waals surface area contributed by atoms with E-state index in [0.29, 0.717) is 5.75 Å². The van der Waals surface area contributed by atoms with Gasteiger partial charge in [-0.3, -0.25) is 0 Å². The quantitative estimate of drug-likeness (QED) is 0.858. The molecule has 0 fully saturated rings. The van der Waals surface area contributed by atoms with E-state index >= 15 is 0 Å². The monoisotopic (exact) mass is 268 g/mol. The molecule has 2 nitrogen and oxygen atoms in total. The van der Waals surface area contributed by atoms with E-state index in [1.54, 1.807) is 19.2 Å². The maximum Gasteiger partial charge on any atom is 0.119 e. The van der Waals surface area contributed by atoms with E-state index in [9.17, 15) is 5.11 Å². The van der Waals surface area contributed by atoms with Crippen molar-refractivity contribution in [3.63, 3.8) is 0 Å². The van der Waals surface area contributed by atoms with Crippen LogP contribution in [0, 0.1) is 0 Å². The van der Waals surface area contributed by atoms with Gasteiger partial charge in [-0.1, -0.05) is 49.4 Å². The molecule has 20 heavy (non-hydrogen) atoms. The smallest absolute Gasteiger partial charge is 0.119 e. The molecule has 0 saturated heterocycles. The Morgan fingerprint density at radius 3 is 2.55 bits per heavy atom. The van der Waals surface area contributed by atoms with Gasteiger partial charge < -0.3 is 9.84 Å². The predicted molar refractivity (Wildman–Crippen MR) is 83.2 cm³/mol. The zero-order valence-electron chi connectivity index (χ0n) is 11.9. The summed E-state index contributed by atoms with van der Waals surface area (Å²) in [7, 11) is 1.64.